The third-order valence-electron chi connectivity index (χ3n) is 3.50. The van der Waals surface area contributed by atoms with Gasteiger partial charge in [-0.2, -0.15) is 5.26 Å². The van der Waals surface area contributed by atoms with Gasteiger partial charge in [0.2, 0.25) is 5.56 Å². The van der Waals surface area contributed by atoms with Gasteiger partial charge in [-0.3, -0.25) is 9.59 Å². The number of carbonyl (C=O) groups is 1. The number of thioether (sulfide) groups is 1. The molecular formula is C17H13ClN4O3S. The number of fused-ring (bicyclic) bond motifs is 1. The van der Waals surface area contributed by atoms with Gasteiger partial charge in [-0.25, -0.2) is 4.98 Å². The van der Waals surface area contributed by atoms with E-state index in [9.17, 15) is 14.9 Å². The molecule has 132 valence electrons. The van der Waals surface area contributed by atoms with Crippen molar-refractivity contribution in [2.45, 2.75) is 18.6 Å². The van der Waals surface area contributed by atoms with Crippen LogP contribution in [0.5, 0.6) is 0 Å². The summed E-state index contributed by atoms with van der Waals surface area (Å²) in [4.78, 5) is 30.4. The van der Waals surface area contributed by atoms with Crippen molar-refractivity contribution in [3.05, 3.63) is 62.8 Å². The first-order chi connectivity index (χ1) is 12.5. The summed E-state index contributed by atoms with van der Waals surface area (Å²) in [6.45, 7) is 1.69. The Morgan fingerprint density at radius 1 is 1.46 bits per heavy atom. The Labute approximate surface area is 157 Å². The third kappa shape index (κ3) is 4.07. The summed E-state index contributed by atoms with van der Waals surface area (Å²) in [5, 5.41) is 10.1. The molecule has 3 rings (SSSR count). The number of imidazole rings is 1. The van der Waals surface area contributed by atoms with Crippen LogP contribution in [0.25, 0.3) is 5.65 Å². The lowest BCUT2D eigenvalue weighted by Crippen LogP contribution is -2.11. The average molecular weight is 389 g/mol. The van der Waals surface area contributed by atoms with Gasteiger partial charge < -0.3 is 14.1 Å². The van der Waals surface area contributed by atoms with Crippen molar-refractivity contribution in [1.29, 1.82) is 5.26 Å². The van der Waals surface area contributed by atoms with E-state index in [1.54, 1.807) is 35.9 Å². The maximum atomic E-state index is 12.0. The van der Waals surface area contributed by atoms with E-state index in [4.69, 9.17) is 16.3 Å². The molecule has 3 aromatic rings. The molecule has 0 fully saturated rings. The summed E-state index contributed by atoms with van der Waals surface area (Å²) in [5.41, 5.74) is 1.88. The number of ether oxygens (including phenoxy) is 1. The predicted molar refractivity (Wildman–Crippen MR) is 97.2 cm³/mol. The van der Waals surface area contributed by atoms with Crippen molar-refractivity contribution in [2.75, 3.05) is 5.75 Å². The molecule has 1 N–H and O–H groups in total. The smallest absolute Gasteiger partial charge is 0.316 e. The second kappa shape index (κ2) is 7.64. The van der Waals surface area contributed by atoms with Crippen LogP contribution < -0.4 is 5.56 Å². The highest BCUT2D eigenvalue weighted by molar-refractivity contribution is 7.99. The molecule has 0 bridgehead atoms. The number of nitrogens with zero attached hydrogens (tertiary/aromatic N) is 3. The molecule has 7 nitrogen and oxygen atoms in total. The molecule has 0 atom stereocenters. The number of pyridine rings is 2. The SMILES string of the molecule is Cc1cc(=O)[nH]c(SCC(=O)OCc2cn3cc(Cl)ccc3n2)c1C#N. The van der Waals surface area contributed by atoms with Crippen LogP contribution in [0.2, 0.25) is 5.02 Å². The predicted octanol–water partition coefficient (Wildman–Crippen LogP) is 2.69. The Bertz CT molecular complexity index is 1080. The number of H-pyrrole nitrogens is 1. The standard InChI is InChI=1S/C17H13ClN4O3S/c1-10-4-15(23)21-17(13(10)5-19)26-9-16(24)25-8-12-7-22-6-11(18)2-3-14(22)20-12/h2-4,6-7H,8-9H2,1H3,(H,21,23). The van der Waals surface area contributed by atoms with Crippen LogP contribution in [0, 0.1) is 18.3 Å². The molecule has 0 saturated carbocycles. The van der Waals surface area contributed by atoms with Crippen LogP contribution in [0.3, 0.4) is 0 Å². The van der Waals surface area contributed by atoms with Crippen LogP contribution in [0.4, 0.5) is 0 Å². The van der Waals surface area contributed by atoms with Crippen LogP contribution in [0.1, 0.15) is 16.8 Å². The summed E-state index contributed by atoms with van der Waals surface area (Å²) in [7, 11) is 0. The molecule has 0 radical (unpaired) electrons. The third-order valence-corrected chi connectivity index (χ3v) is 4.70. The van der Waals surface area contributed by atoms with Crippen molar-refractivity contribution >= 4 is 35.0 Å². The second-order valence-corrected chi connectivity index (χ2v) is 6.85. The number of rotatable bonds is 5. The monoisotopic (exact) mass is 388 g/mol. The molecule has 0 amide bonds. The topological polar surface area (TPSA) is 100 Å². The van der Waals surface area contributed by atoms with E-state index in [2.05, 4.69) is 9.97 Å². The highest BCUT2D eigenvalue weighted by Crippen LogP contribution is 2.21. The number of aryl methyl sites for hydroxylation is 1. The summed E-state index contributed by atoms with van der Waals surface area (Å²) < 4.78 is 6.95. The summed E-state index contributed by atoms with van der Waals surface area (Å²) in [6.07, 6.45) is 3.44. The number of carbonyl (C=O) groups excluding carboxylic acids is 1. The molecule has 9 heteroatoms. The average Bonchev–Trinajstić information content (AvgIpc) is 2.99. The van der Waals surface area contributed by atoms with Gasteiger partial charge in [0, 0.05) is 18.5 Å². The van der Waals surface area contributed by atoms with Gasteiger partial charge in [0.25, 0.3) is 0 Å². The van der Waals surface area contributed by atoms with Crippen LogP contribution in [-0.2, 0) is 16.1 Å². The summed E-state index contributed by atoms with van der Waals surface area (Å²) in [6, 6.07) is 6.86. The fourth-order valence-corrected chi connectivity index (χ4v) is 3.36. The molecule has 0 aliphatic heterocycles. The molecule has 0 spiro atoms. The van der Waals surface area contributed by atoms with E-state index in [1.165, 1.54) is 6.07 Å². The molecule has 0 saturated heterocycles. The Hall–Kier alpha value is -2.76. The van der Waals surface area contributed by atoms with Crippen molar-refractivity contribution < 1.29 is 9.53 Å². The van der Waals surface area contributed by atoms with E-state index in [1.807, 2.05) is 6.07 Å². The van der Waals surface area contributed by atoms with Crippen molar-refractivity contribution in [1.82, 2.24) is 14.4 Å². The zero-order chi connectivity index (χ0) is 18.7. The minimum absolute atomic E-state index is 0.0220. The number of nitrogens with one attached hydrogen (secondary N) is 1. The molecule has 3 aromatic heterocycles. The molecule has 0 aliphatic carbocycles. The van der Waals surface area contributed by atoms with Crippen LogP contribution in [0.15, 0.2) is 40.4 Å². The lowest BCUT2D eigenvalue weighted by atomic mass is 10.2. The minimum atomic E-state index is -0.476. The number of esters is 1. The molecule has 3 heterocycles. The minimum Gasteiger partial charge on any atom is -0.458 e. The van der Waals surface area contributed by atoms with Crippen LogP contribution >= 0.6 is 23.4 Å². The first-order valence-corrected chi connectivity index (χ1v) is 8.88. The van der Waals surface area contributed by atoms with Crippen molar-refractivity contribution in [3.8, 4) is 6.07 Å². The van der Waals surface area contributed by atoms with E-state index in [0.29, 0.717) is 32.5 Å². The summed E-state index contributed by atoms with van der Waals surface area (Å²) >= 11 is 6.97. The van der Waals surface area contributed by atoms with Gasteiger partial charge in [-0.15, -0.1) is 0 Å². The first-order valence-electron chi connectivity index (χ1n) is 7.52. The lowest BCUT2D eigenvalue weighted by molar-refractivity contribution is -0.141. The zero-order valence-electron chi connectivity index (χ0n) is 13.7. The maximum absolute atomic E-state index is 12.0. The van der Waals surface area contributed by atoms with Gasteiger partial charge in [0.05, 0.1) is 27.1 Å². The number of aromatic nitrogens is 3. The van der Waals surface area contributed by atoms with Gasteiger partial charge in [0.15, 0.2) is 0 Å². The molecule has 0 unspecified atom stereocenters. The summed E-state index contributed by atoms with van der Waals surface area (Å²) in [5.74, 6) is -0.510. The zero-order valence-corrected chi connectivity index (χ0v) is 15.2. The maximum Gasteiger partial charge on any atom is 0.316 e. The Morgan fingerprint density at radius 3 is 3.04 bits per heavy atom. The second-order valence-electron chi connectivity index (χ2n) is 5.43. The quantitative estimate of drug-likeness (QED) is 0.532. The number of aromatic amines is 1. The highest BCUT2D eigenvalue weighted by atomic mass is 35.5. The van der Waals surface area contributed by atoms with Crippen molar-refractivity contribution in [2.24, 2.45) is 0 Å². The van der Waals surface area contributed by atoms with E-state index in [-0.39, 0.29) is 17.9 Å². The molecule has 26 heavy (non-hydrogen) atoms. The first kappa shape index (κ1) is 18.0. The van der Waals surface area contributed by atoms with Crippen molar-refractivity contribution in [3.63, 3.8) is 0 Å². The number of halogens is 1. The van der Waals surface area contributed by atoms with Gasteiger partial charge in [0.1, 0.15) is 18.3 Å². The fraction of sp³-hybridized carbons (Fsp3) is 0.176. The Morgan fingerprint density at radius 2 is 2.27 bits per heavy atom. The number of hydrogen-bond donors (Lipinski definition) is 1. The van der Waals surface area contributed by atoms with Gasteiger partial charge >= 0.3 is 5.97 Å². The fourth-order valence-electron chi connectivity index (χ4n) is 2.32. The highest BCUT2D eigenvalue weighted by Gasteiger charge is 2.12. The Balaban J connectivity index is 1.61. The lowest BCUT2D eigenvalue weighted by Gasteiger charge is -2.06. The molecule has 0 aliphatic rings. The van der Waals surface area contributed by atoms with Gasteiger partial charge in [-0.05, 0) is 24.6 Å². The van der Waals surface area contributed by atoms with E-state index >= 15 is 0 Å². The van der Waals surface area contributed by atoms with E-state index < -0.39 is 5.97 Å². The number of nitriles is 1. The Kier molecular flexibility index (Phi) is 5.30. The van der Waals surface area contributed by atoms with Gasteiger partial charge in [-0.1, -0.05) is 23.4 Å². The van der Waals surface area contributed by atoms with E-state index in [0.717, 1.165) is 11.8 Å². The normalized spacial score (nSPS) is 10.7. The molecular weight excluding hydrogens is 376 g/mol. The number of hydrogen-bond acceptors (Lipinski definition) is 6. The largest absolute Gasteiger partial charge is 0.458 e. The molecule has 0 aromatic carbocycles. The van der Waals surface area contributed by atoms with Crippen LogP contribution in [-0.4, -0.2) is 26.1 Å².